The first-order chi connectivity index (χ1) is 6.33. The molecule has 0 amide bonds. The average Bonchev–Trinajstić information content (AvgIpc) is 2.51. The Kier molecular flexibility index (Phi) is 5.07. The number of aromatic nitrogens is 3. The largest absolute Gasteiger partial charge is 0.367 e. The summed E-state index contributed by atoms with van der Waals surface area (Å²) >= 11 is 3.81. The zero-order valence-corrected chi connectivity index (χ0v) is 9.25. The molecule has 1 aromatic rings. The molecule has 1 aromatic heterocycles. The third-order valence-corrected chi connectivity index (χ3v) is 3.49. The van der Waals surface area contributed by atoms with Gasteiger partial charge < -0.3 is 5.73 Å². The van der Waals surface area contributed by atoms with Crippen LogP contribution in [-0.2, 0) is 5.75 Å². The van der Waals surface area contributed by atoms with Gasteiger partial charge in [0.15, 0.2) is 0 Å². The van der Waals surface area contributed by atoms with Gasteiger partial charge in [0.25, 0.3) is 0 Å². The second kappa shape index (κ2) is 6.15. The van der Waals surface area contributed by atoms with Crippen molar-refractivity contribution in [2.24, 2.45) is 0 Å². The summed E-state index contributed by atoms with van der Waals surface area (Å²) < 4.78 is 0. The molecule has 13 heavy (non-hydrogen) atoms. The summed E-state index contributed by atoms with van der Waals surface area (Å²) in [7, 11) is 0. The van der Waals surface area contributed by atoms with E-state index in [1.54, 1.807) is 0 Å². The van der Waals surface area contributed by atoms with E-state index in [4.69, 9.17) is 5.73 Å². The molecule has 0 aliphatic carbocycles. The first kappa shape index (κ1) is 10.7. The number of nitrogens with zero attached hydrogens (tertiary/aromatic N) is 2. The van der Waals surface area contributed by atoms with Gasteiger partial charge in [-0.15, -0.1) is 5.10 Å². The van der Waals surface area contributed by atoms with Crippen molar-refractivity contribution in [1.82, 2.24) is 15.2 Å². The molecule has 3 N–H and O–H groups in total. The normalized spacial score (nSPS) is 10.5. The van der Waals surface area contributed by atoms with Crippen molar-refractivity contribution in [1.29, 1.82) is 0 Å². The van der Waals surface area contributed by atoms with Gasteiger partial charge >= 0.3 is 0 Å². The lowest BCUT2D eigenvalue weighted by Crippen LogP contribution is -1.89. The molecule has 0 atom stereocenters. The molecule has 0 radical (unpaired) electrons. The van der Waals surface area contributed by atoms with Crippen LogP contribution in [0.2, 0.25) is 0 Å². The second-order valence-corrected chi connectivity index (χ2v) is 4.89. The SMILES string of the molecule is CCSCCSCc1nc(N)n[nH]1. The fourth-order valence-corrected chi connectivity index (χ4v) is 2.50. The average molecular weight is 218 g/mol. The lowest BCUT2D eigenvalue weighted by molar-refractivity contribution is 1.03. The van der Waals surface area contributed by atoms with E-state index in [9.17, 15) is 0 Å². The molecule has 1 heterocycles. The van der Waals surface area contributed by atoms with Crippen LogP contribution >= 0.6 is 23.5 Å². The van der Waals surface area contributed by atoms with E-state index in [2.05, 4.69) is 22.1 Å². The summed E-state index contributed by atoms with van der Waals surface area (Å²) in [6.07, 6.45) is 0. The van der Waals surface area contributed by atoms with Crippen LogP contribution in [-0.4, -0.2) is 32.4 Å². The van der Waals surface area contributed by atoms with E-state index in [1.807, 2.05) is 23.5 Å². The lowest BCUT2D eigenvalue weighted by Gasteiger charge is -1.97. The van der Waals surface area contributed by atoms with Crippen molar-refractivity contribution in [2.75, 3.05) is 23.0 Å². The molecule has 0 saturated carbocycles. The minimum atomic E-state index is 0.332. The maximum Gasteiger partial charge on any atom is 0.239 e. The molecule has 0 aliphatic rings. The molecule has 0 fully saturated rings. The number of H-pyrrole nitrogens is 1. The number of nitrogens with two attached hydrogens (primary N) is 1. The fourth-order valence-electron chi connectivity index (χ4n) is 0.806. The molecule has 0 aliphatic heterocycles. The third-order valence-electron chi connectivity index (χ3n) is 1.36. The smallest absolute Gasteiger partial charge is 0.239 e. The van der Waals surface area contributed by atoms with Crippen molar-refractivity contribution in [3.63, 3.8) is 0 Å². The third kappa shape index (κ3) is 4.42. The Morgan fingerprint density at radius 1 is 1.38 bits per heavy atom. The standard InChI is InChI=1S/C7H14N4S2/c1-2-12-3-4-13-5-6-9-7(8)11-10-6/h2-5H2,1H3,(H3,8,9,10,11). The van der Waals surface area contributed by atoms with Gasteiger partial charge in [-0.05, 0) is 5.75 Å². The van der Waals surface area contributed by atoms with Gasteiger partial charge in [0.1, 0.15) is 5.82 Å². The minimum Gasteiger partial charge on any atom is -0.367 e. The highest BCUT2D eigenvalue weighted by atomic mass is 32.2. The van der Waals surface area contributed by atoms with Crippen LogP contribution in [0.1, 0.15) is 12.7 Å². The molecule has 0 bridgehead atoms. The second-order valence-electron chi connectivity index (χ2n) is 2.39. The summed E-state index contributed by atoms with van der Waals surface area (Å²) in [5, 5.41) is 6.54. The molecule has 0 spiro atoms. The van der Waals surface area contributed by atoms with Crippen LogP contribution in [0.25, 0.3) is 0 Å². The topological polar surface area (TPSA) is 67.6 Å². The van der Waals surface area contributed by atoms with Gasteiger partial charge in [0.2, 0.25) is 5.95 Å². The highest BCUT2D eigenvalue weighted by Gasteiger charge is 1.98. The van der Waals surface area contributed by atoms with Crippen molar-refractivity contribution in [3.05, 3.63) is 5.82 Å². The predicted octanol–water partition coefficient (Wildman–Crippen LogP) is 1.37. The first-order valence-corrected chi connectivity index (χ1v) is 6.46. The van der Waals surface area contributed by atoms with Gasteiger partial charge in [-0.1, -0.05) is 6.92 Å². The molecule has 4 nitrogen and oxygen atoms in total. The molecular weight excluding hydrogens is 204 g/mol. The van der Waals surface area contributed by atoms with Gasteiger partial charge in [0.05, 0.1) is 5.75 Å². The number of nitrogen functional groups attached to an aromatic ring is 1. The van der Waals surface area contributed by atoms with E-state index in [-0.39, 0.29) is 0 Å². The Labute approximate surface area is 86.5 Å². The summed E-state index contributed by atoms with van der Waals surface area (Å²) in [6, 6.07) is 0. The quantitative estimate of drug-likeness (QED) is 0.706. The van der Waals surface area contributed by atoms with E-state index < -0.39 is 0 Å². The van der Waals surface area contributed by atoms with Crippen molar-refractivity contribution in [2.45, 2.75) is 12.7 Å². The van der Waals surface area contributed by atoms with Crippen LogP contribution in [0.5, 0.6) is 0 Å². The Morgan fingerprint density at radius 2 is 2.15 bits per heavy atom. The van der Waals surface area contributed by atoms with E-state index >= 15 is 0 Å². The number of hydrogen-bond acceptors (Lipinski definition) is 5. The molecule has 0 aromatic carbocycles. The summed E-state index contributed by atoms with van der Waals surface area (Å²) in [5.74, 6) is 5.61. The van der Waals surface area contributed by atoms with Crippen LogP contribution in [0, 0.1) is 0 Å². The van der Waals surface area contributed by atoms with Crippen LogP contribution in [0.4, 0.5) is 5.95 Å². The molecular formula is C7H14N4S2. The van der Waals surface area contributed by atoms with Crippen molar-refractivity contribution in [3.8, 4) is 0 Å². The maximum absolute atomic E-state index is 5.36. The number of hydrogen-bond donors (Lipinski definition) is 2. The molecule has 0 saturated heterocycles. The Balaban J connectivity index is 2.06. The van der Waals surface area contributed by atoms with Crippen LogP contribution in [0.3, 0.4) is 0 Å². The number of thioether (sulfide) groups is 2. The maximum atomic E-state index is 5.36. The van der Waals surface area contributed by atoms with Crippen molar-refractivity contribution >= 4 is 29.5 Å². The van der Waals surface area contributed by atoms with Gasteiger partial charge in [-0.3, -0.25) is 5.10 Å². The van der Waals surface area contributed by atoms with Gasteiger partial charge in [0, 0.05) is 11.5 Å². The Hall–Kier alpha value is -0.360. The van der Waals surface area contributed by atoms with Crippen molar-refractivity contribution < 1.29 is 0 Å². The number of aromatic amines is 1. The van der Waals surface area contributed by atoms with E-state index in [0.29, 0.717) is 5.95 Å². The van der Waals surface area contributed by atoms with E-state index in [0.717, 1.165) is 17.3 Å². The monoisotopic (exact) mass is 218 g/mol. The lowest BCUT2D eigenvalue weighted by atomic mass is 10.7. The number of anilines is 1. The van der Waals surface area contributed by atoms with Gasteiger partial charge in [-0.25, -0.2) is 0 Å². The van der Waals surface area contributed by atoms with Gasteiger partial charge in [-0.2, -0.15) is 28.5 Å². The molecule has 74 valence electrons. The molecule has 1 rings (SSSR count). The summed E-state index contributed by atoms with van der Waals surface area (Å²) in [5.41, 5.74) is 5.36. The summed E-state index contributed by atoms with van der Waals surface area (Å²) in [4.78, 5) is 4.01. The Morgan fingerprint density at radius 3 is 2.77 bits per heavy atom. The molecule has 6 heteroatoms. The summed E-state index contributed by atoms with van der Waals surface area (Å²) in [6.45, 7) is 2.17. The minimum absolute atomic E-state index is 0.332. The number of rotatable bonds is 6. The highest BCUT2D eigenvalue weighted by Crippen LogP contribution is 2.11. The predicted molar refractivity (Wildman–Crippen MR) is 60.0 cm³/mol. The van der Waals surface area contributed by atoms with Crippen LogP contribution in [0.15, 0.2) is 0 Å². The van der Waals surface area contributed by atoms with Crippen LogP contribution < -0.4 is 5.73 Å². The zero-order chi connectivity index (χ0) is 9.52. The Bertz CT molecular complexity index is 238. The number of nitrogens with one attached hydrogen (secondary N) is 1. The fraction of sp³-hybridized carbons (Fsp3) is 0.714. The van der Waals surface area contributed by atoms with E-state index in [1.165, 1.54) is 11.5 Å². The first-order valence-electron chi connectivity index (χ1n) is 4.15. The highest BCUT2D eigenvalue weighted by molar-refractivity contribution is 8.02. The molecule has 0 unspecified atom stereocenters. The zero-order valence-electron chi connectivity index (χ0n) is 7.62.